The summed E-state index contributed by atoms with van der Waals surface area (Å²) < 4.78 is 5.24. The van der Waals surface area contributed by atoms with E-state index in [9.17, 15) is 9.59 Å². The minimum atomic E-state index is -0.820. The number of halogens is 2. The first-order chi connectivity index (χ1) is 14.5. The molecule has 0 aromatic heterocycles. The van der Waals surface area contributed by atoms with Crippen molar-refractivity contribution in [3.63, 3.8) is 0 Å². The Morgan fingerprint density at radius 2 is 1.80 bits per heavy atom. The largest absolute Gasteiger partial charge is 0.497 e. The van der Waals surface area contributed by atoms with Crippen LogP contribution in [-0.4, -0.2) is 35.7 Å². The molecule has 0 aliphatic heterocycles. The first-order valence-electron chi connectivity index (χ1n) is 10.1. The van der Waals surface area contributed by atoms with Gasteiger partial charge in [0.1, 0.15) is 17.7 Å². The van der Waals surface area contributed by atoms with Crippen LogP contribution in [0.1, 0.15) is 42.9 Å². The standard InChI is InChI=1S/C23H26Cl2N2O3/c1-30-19-12-10-16(11-13-19)22(23(29)26-18-7-3-4-8-18)27(21(28)14-24)15-17-6-2-5-9-20(17)25/h2,5-6,9-13,18,22H,3-4,7-8,14-15H2,1H3,(H,26,29)/t22-/m1/s1. The summed E-state index contributed by atoms with van der Waals surface area (Å²) in [4.78, 5) is 27.7. The summed E-state index contributed by atoms with van der Waals surface area (Å²) in [5, 5.41) is 3.66. The molecule has 160 valence electrons. The lowest BCUT2D eigenvalue weighted by Gasteiger charge is -2.32. The van der Waals surface area contributed by atoms with Crippen LogP contribution in [0, 0.1) is 0 Å². The quantitative estimate of drug-likeness (QED) is 0.594. The van der Waals surface area contributed by atoms with E-state index >= 15 is 0 Å². The second-order valence-electron chi connectivity index (χ2n) is 7.41. The molecule has 2 aromatic rings. The van der Waals surface area contributed by atoms with Gasteiger partial charge in [0, 0.05) is 17.6 Å². The number of carbonyl (C=O) groups is 2. The number of nitrogens with one attached hydrogen (secondary N) is 1. The van der Waals surface area contributed by atoms with Crippen molar-refractivity contribution in [3.05, 3.63) is 64.7 Å². The van der Waals surface area contributed by atoms with Gasteiger partial charge >= 0.3 is 0 Å². The summed E-state index contributed by atoms with van der Waals surface area (Å²) in [6, 6.07) is 13.8. The number of alkyl halides is 1. The summed E-state index contributed by atoms with van der Waals surface area (Å²) in [6.45, 7) is 0.181. The molecule has 1 atom stereocenters. The van der Waals surface area contributed by atoms with Crippen molar-refractivity contribution in [1.29, 1.82) is 0 Å². The highest BCUT2D eigenvalue weighted by molar-refractivity contribution is 6.31. The fourth-order valence-electron chi connectivity index (χ4n) is 3.82. The third-order valence-electron chi connectivity index (χ3n) is 5.43. The molecule has 0 heterocycles. The molecule has 2 aromatic carbocycles. The molecule has 0 bridgehead atoms. The first-order valence-corrected chi connectivity index (χ1v) is 11.0. The first kappa shape index (κ1) is 22.4. The Balaban J connectivity index is 1.97. The predicted octanol–water partition coefficient (Wildman–Crippen LogP) is 4.72. The zero-order chi connectivity index (χ0) is 21.5. The van der Waals surface area contributed by atoms with Crippen LogP contribution in [0.4, 0.5) is 0 Å². The summed E-state index contributed by atoms with van der Waals surface area (Å²) in [5.41, 5.74) is 1.45. The summed E-state index contributed by atoms with van der Waals surface area (Å²) in [6.07, 6.45) is 4.11. The molecule has 1 saturated carbocycles. The lowest BCUT2D eigenvalue weighted by molar-refractivity contribution is -0.140. The fraction of sp³-hybridized carbons (Fsp3) is 0.391. The van der Waals surface area contributed by atoms with E-state index in [1.165, 1.54) is 4.90 Å². The van der Waals surface area contributed by atoms with E-state index in [-0.39, 0.29) is 30.3 Å². The van der Waals surface area contributed by atoms with E-state index in [1.807, 2.05) is 18.2 Å². The number of ether oxygens (including phenoxy) is 1. The molecule has 30 heavy (non-hydrogen) atoms. The summed E-state index contributed by atoms with van der Waals surface area (Å²) >= 11 is 12.3. The minimum absolute atomic E-state index is 0.131. The van der Waals surface area contributed by atoms with E-state index in [2.05, 4.69) is 5.32 Å². The molecule has 0 spiro atoms. The zero-order valence-corrected chi connectivity index (χ0v) is 18.5. The van der Waals surface area contributed by atoms with Crippen LogP contribution in [0.25, 0.3) is 0 Å². The van der Waals surface area contributed by atoms with Crippen molar-refractivity contribution >= 4 is 35.0 Å². The van der Waals surface area contributed by atoms with Crippen molar-refractivity contribution in [2.24, 2.45) is 0 Å². The molecular formula is C23H26Cl2N2O3. The van der Waals surface area contributed by atoms with Crippen LogP contribution in [0.3, 0.4) is 0 Å². The van der Waals surface area contributed by atoms with Crippen LogP contribution in [0.5, 0.6) is 5.75 Å². The van der Waals surface area contributed by atoms with Crippen molar-refractivity contribution in [2.75, 3.05) is 13.0 Å². The topological polar surface area (TPSA) is 58.6 Å². The highest BCUT2D eigenvalue weighted by Gasteiger charge is 2.33. The van der Waals surface area contributed by atoms with Gasteiger partial charge in [-0.1, -0.05) is 54.8 Å². The van der Waals surface area contributed by atoms with Crippen molar-refractivity contribution in [3.8, 4) is 5.75 Å². The number of rotatable bonds is 8. The number of hydrogen-bond donors (Lipinski definition) is 1. The third-order valence-corrected chi connectivity index (χ3v) is 6.02. The highest BCUT2D eigenvalue weighted by atomic mass is 35.5. The average Bonchev–Trinajstić information content (AvgIpc) is 3.27. The summed E-state index contributed by atoms with van der Waals surface area (Å²) in [7, 11) is 1.58. The smallest absolute Gasteiger partial charge is 0.247 e. The van der Waals surface area contributed by atoms with Crippen molar-refractivity contribution in [2.45, 2.75) is 44.3 Å². The van der Waals surface area contributed by atoms with Gasteiger partial charge in [-0.2, -0.15) is 0 Å². The summed E-state index contributed by atoms with van der Waals surface area (Å²) in [5.74, 6) is -0.0973. The molecule has 7 heteroatoms. The van der Waals surface area contributed by atoms with Gasteiger partial charge in [0.15, 0.2) is 0 Å². The van der Waals surface area contributed by atoms with Crippen molar-refractivity contribution < 1.29 is 14.3 Å². The SMILES string of the molecule is COc1ccc([C@H](C(=O)NC2CCCC2)N(Cc2ccccc2Cl)C(=O)CCl)cc1. The maximum atomic E-state index is 13.4. The number of carbonyl (C=O) groups excluding carboxylic acids is 2. The fourth-order valence-corrected chi connectivity index (χ4v) is 4.17. The Hall–Kier alpha value is -2.24. The van der Waals surface area contributed by atoms with Crippen LogP contribution in [0.15, 0.2) is 48.5 Å². The predicted molar refractivity (Wildman–Crippen MR) is 119 cm³/mol. The van der Waals surface area contributed by atoms with Crippen LogP contribution < -0.4 is 10.1 Å². The van der Waals surface area contributed by atoms with Gasteiger partial charge in [0.05, 0.1) is 7.11 Å². The van der Waals surface area contributed by atoms with E-state index in [0.29, 0.717) is 16.3 Å². The third kappa shape index (κ3) is 5.46. The molecule has 3 rings (SSSR count). The number of amides is 2. The zero-order valence-electron chi connectivity index (χ0n) is 16.9. The Morgan fingerprint density at radius 3 is 2.40 bits per heavy atom. The van der Waals surface area contributed by atoms with E-state index in [1.54, 1.807) is 37.4 Å². The lowest BCUT2D eigenvalue weighted by Crippen LogP contribution is -2.46. The Morgan fingerprint density at radius 1 is 1.13 bits per heavy atom. The monoisotopic (exact) mass is 448 g/mol. The van der Waals surface area contributed by atoms with Crippen LogP contribution in [0.2, 0.25) is 5.02 Å². The number of methoxy groups -OCH3 is 1. The number of benzene rings is 2. The van der Waals surface area contributed by atoms with Gasteiger partial charge < -0.3 is 15.0 Å². The average molecular weight is 449 g/mol. The number of hydrogen-bond acceptors (Lipinski definition) is 3. The van der Waals surface area contributed by atoms with E-state index in [0.717, 1.165) is 31.2 Å². The van der Waals surface area contributed by atoms with Gasteiger partial charge in [0.25, 0.3) is 0 Å². The van der Waals surface area contributed by atoms with Gasteiger partial charge in [-0.3, -0.25) is 9.59 Å². The Bertz CT molecular complexity index is 867. The Labute approximate surface area is 187 Å². The van der Waals surface area contributed by atoms with Crippen LogP contribution >= 0.6 is 23.2 Å². The van der Waals surface area contributed by atoms with Gasteiger partial charge in [0.2, 0.25) is 11.8 Å². The molecule has 2 amide bonds. The minimum Gasteiger partial charge on any atom is -0.497 e. The maximum Gasteiger partial charge on any atom is 0.247 e. The second kappa shape index (κ2) is 10.7. The Kier molecular flexibility index (Phi) is 8.00. The maximum absolute atomic E-state index is 13.4. The molecule has 1 fully saturated rings. The van der Waals surface area contributed by atoms with Gasteiger partial charge in [-0.15, -0.1) is 11.6 Å². The normalized spacial score (nSPS) is 14.9. The second-order valence-corrected chi connectivity index (χ2v) is 8.09. The molecule has 0 saturated heterocycles. The van der Waals surface area contributed by atoms with Gasteiger partial charge in [-0.05, 0) is 42.2 Å². The lowest BCUT2D eigenvalue weighted by atomic mass is 10.0. The molecule has 1 aliphatic rings. The molecule has 5 nitrogen and oxygen atoms in total. The van der Waals surface area contributed by atoms with E-state index < -0.39 is 6.04 Å². The molecule has 1 aliphatic carbocycles. The highest BCUT2D eigenvalue weighted by Crippen LogP contribution is 2.29. The van der Waals surface area contributed by atoms with Crippen molar-refractivity contribution in [1.82, 2.24) is 10.2 Å². The molecule has 0 unspecified atom stereocenters. The molecular weight excluding hydrogens is 423 g/mol. The number of nitrogens with zero attached hydrogens (tertiary/aromatic N) is 1. The molecule has 0 radical (unpaired) electrons. The van der Waals surface area contributed by atoms with E-state index in [4.69, 9.17) is 27.9 Å². The van der Waals surface area contributed by atoms with Gasteiger partial charge in [-0.25, -0.2) is 0 Å². The molecule has 1 N–H and O–H groups in total. The van der Waals surface area contributed by atoms with Crippen LogP contribution in [-0.2, 0) is 16.1 Å².